The van der Waals surface area contributed by atoms with Crippen molar-refractivity contribution in [3.05, 3.63) is 58.6 Å². The largest absolute Gasteiger partial charge is 0.485 e. The molecule has 1 atom stereocenters. The number of fused-ring (bicyclic) bond motifs is 1. The predicted octanol–water partition coefficient (Wildman–Crippen LogP) is 5.19. The molecular weight excluding hydrogens is 345 g/mol. The first-order valence-corrected chi connectivity index (χ1v) is 9.01. The Kier molecular flexibility index (Phi) is 4.57. The molecule has 0 saturated carbocycles. The number of para-hydroxylation sites is 1. The van der Waals surface area contributed by atoms with E-state index >= 15 is 0 Å². The molecule has 2 aliphatic heterocycles. The van der Waals surface area contributed by atoms with Crippen LogP contribution in [0.2, 0.25) is 5.02 Å². The van der Waals surface area contributed by atoms with E-state index in [1.54, 1.807) is 0 Å². The number of nitrogens with zero attached hydrogens (tertiary/aromatic N) is 1. The molecule has 24 heavy (non-hydrogen) atoms. The van der Waals surface area contributed by atoms with Crippen molar-refractivity contribution in [1.29, 1.82) is 0 Å². The van der Waals surface area contributed by atoms with Crippen molar-refractivity contribution in [2.45, 2.75) is 24.9 Å². The molecule has 2 aromatic carbocycles. The average molecular weight is 364 g/mol. The summed E-state index contributed by atoms with van der Waals surface area (Å²) in [4.78, 5) is 0. The summed E-state index contributed by atoms with van der Waals surface area (Å²) in [6, 6.07) is 13.9. The first-order chi connectivity index (χ1) is 11.7. The fourth-order valence-corrected chi connectivity index (χ4v) is 3.77. The van der Waals surface area contributed by atoms with E-state index in [-0.39, 0.29) is 6.10 Å². The molecule has 0 unspecified atom stereocenters. The van der Waals surface area contributed by atoms with Crippen LogP contribution in [0.25, 0.3) is 0 Å². The van der Waals surface area contributed by atoms with Crippen LogP contribution < -0.4 is 9.47 Å². The van der Waals surface area contributed by atoms with Gasteiger partial charge >= 0.3 is 0 Å². The van der Waals surface area contributed by atoms with E-state index in [1.165, 1.54) is 5.56 Å². The van der Waals surface area contributed by atoms with Gasteiger partial charge in [-0.25, -0.2) is 4.42 Å². The lowest BCUT2D eigenvalue weighted by Crippen LogP contribution is -2.27. The monoisotopic (exact) mass is 363 g/mol. The highest BCUT2D eigenvalue weighted by molar-refractivity contribution is 6.30. The Morgan fingerprint density at radius 2 is 1.75 bits per heavy atom. The summed E-state index contributed by atoms with van der Waals surface area (Å²) in [6.07, 6.45) is 1.99. The van der Waals surface area contributed by atoms with Crippen LogP contribution in [0.3, 0.4) is 0 Å². The van der Waals surface area contributed by atoms with Crippen molar-refractivity contribution in [2.75, 3.05) is 19.7 Å². The molecule has 0 aromatic heterocycles. The second kappa shape index (κ2) is 6.83. The normalized spacial score (nSPS) is 21.7. The topological polar surface area (TPSA) is 21.7 Å². The Morgan fingerprint density at radius 1 is 1.00 bits per heavy atom. The quantitative estimate of drug-likeness (QED) is 0.685. The highest BCUT2D eigenvalue weighted by Crippen LogP contribution is 2.44. The highest BCUT2D eigenvalue weighted by Gasteiger charge is 2.29. The van der Waals surface area contributed by atoms with Crippen LogP contribution >= 0.6 is 23.4 Å². The van der Waals surface area contributed by atoms with E-state index in [4.69, 9.17) is 32.9 Å². The van der Waals surface area contributed by atoms with E-state index in [9.17, 15) is 0 Å². The summed E-state index contributed by atoms with van der Waals surface area (Å²) in [7, 11) is 0. The lowest BCUT2D eigenvalue weighted by atomic mass is 9.89. The van der Waals surface area contributed by atoms with Gasteiger partial charge in [-0.3, -0.25) is 0 Å². The second-order valence-corrected chi connectivity index (χ2v) is 7.24. The summed E-state index contributed by atoms with van der Waals surface area (Å²) >= 11 is 12.0. The minimum Gasteiger partial charge on any atom is -0.485 e. The third kappa shape index (κ3) is 3.21. The lowest BCUT2D eigenvalue weighted by Gasteiger charge is -2.32. The van der Waals surface area contributed by atoms with E-state index in [1.807, 2.05) is 34.8 Å². The van der Waals surface area contributed by atoms with Gasteiger partial charge < -0.3 is 9.47 Å². The van der Waals surface area contributed by atoms with Crippen LogP contribution in [0.15, 0.2) is 42.5 Å². The Labute approximate surface area is 152 Å². The molecular formula is C19H19Cl2NO2. The second-order valence-electron chi connectivity index (χ2n) is 6.33. The van der Waals surface area contributed by atoms with Crippen LogP contribution in [0.1, 0.15) is 36.0 Å². The van der Waals surface area contributed by atoms with Gasteiger partial charge in [0.15, 0.2) is 17.6 Å². The van der Waals surface area contributed by atoms with Crippen LogP contribution in [0.4, 0.5) is 0 Å². The summed E-state index contributed by atoms with van der Waals surface area (Å²) in [5.41, 5.74) is 2.32. The lowest BCUT2D eigenvalue weighted by molar-refractivity contribution is 0.0893. The molecule has 2 aliphatic rings. The van der Waals surface area contributed by atoms with Crippen LogP contribution in [-0.4, -0.2) is 24.1 Å². The third-order valence-corrected chi connectivity index (χ3v) is 5.37. The number of ether oxygens (including phenoxy) is 2. The van der Waals surface area contributed by atoms with Crippen molar-refractivity contribution in [1.82, 2.24) is 4.42 Å². The maximum absolute atomic E-state index is 6.21. The Bertz CT molecular complexity index is 712. The SMILES string of the molecule is Clc1ccc([C@@H]2COc3c(cccc3C3CCN(Cl)CC3)O2)cc1. The van der Waals surface area contributed by atoms with Gasteiger partial charge in [-0.2, -0.15) is 0 Å². The van der Waals surface area contributed by atoms with Crippen LogP contribution in [-0.2, 0) is 0 Å². The smallest absolute Gasteiger partial charge is 0.164 e. The number of piperidine rings is 1. The molecule has 126 valence electrons. The van der Waals surface area contributed by atoms with E-state index < -0.39 is 0 Å². The maximum Gasteiger partial charge on any atom is 0.164 e. The highest BCUT2D eigenvalue weighted by atomic mass is 35.5. The first kappa shape index (κ1) is 16.1. The van der Waals surface area contributed by atoms with E-state index in [0.29, 0.717) is 12.5 Å². The predicted molar refractivity (Wildman–Crippen MR) is 96.2 cm³/mol. The van der Waals surface area contributed by atoms with Crippen molar-refractivity contribution in [3.63, 3.8) is 0 Å². The van der Waals surface area contributed by atoms with Gasteiger partial charge in [-0.1, -0.05) is 35.9 Å². The van der Waals surface area contributed by atoms with Crippen LogP contribution in [0, 0.1) is 0 Å². The summed E-state index contributed by atoms with van der Waals surface area (Å²) in [5, 5.41) is 0.726. The molecule has 1 saturated heterocycles. The number of benzene rings is 2. The molecule has 0 N–H and O–H groups in total. The Morgan fingerprint density at radius 3 is 2.50 bits per heavy atom. The summed E-state index contributed by atoms with van der Waals surface area (Å²) in [5.74, 6) is 2.20. The first-order valence-electron chi connectivity index (χ1n) is 8.29. The molecule has 0 amide bonds. The fourth-order valence-electron chi connectivity index (χ4n) is 3.45. The number of rotatable bonds is 2. The van der Waals surface area contributed by atoms with E-state index in [2.05, 4.69) is 12.1 Å². The number of hydrogen-bond donors (Lipinski definition) is 0. The minimum absolute atomic E-state index is 0.102. The zero-order chi connectivity index (χ0) is 16.5. The molecule has 1 fully saturated rings. The summed E-state index contributed by atoms with van der Waals surface area (Å²) < 4.78 is 14.2. The molecule has 0 bridgehead atoms. The number of halogens is 2. The maximum atomic E-state index is 6.21. The minimum atomic E-state index is -0.102. The third-order valence-electron chi connectivity index (χ3n) is 4.78. The van der Waals surface area contributed by atoms with Crippen LogP contribution in [0.5, 0.6) is 11.5 Å². The van der Waals surface area contributed by atoms with Gasteiger partial charge in [0, 0.05) is 23.7 Å². The molecule has 0 radical (unpaired) electrons. The van der Waals surface area contributed by atoms with Gasteiger partial charge in [0.1, 0.15) is 6.61 Å². The standard InChI is InChI=1S/C19H19Cl2NO2/c20-15-6-4-14(5-7-15)18-12-23-19-16(2-1-3-17(19)24-18)13-8-10-22(21)11-9-13/h1-7,13,18H,8-12H2/t18-/m0/s1. The van der Waals surface area contributed by atoms with Gasteiger partial charge in [0.05, 0.1) is 0 Å². The Balaban J connectivity index is 1.56. The van der Waals surface area contributed by atoms with Crippen molar-refractivity contribution < 1.29 is 9.47 Å². The fraction of sp³-hybridized carbons (Fsp3) is 0.368. The van der Waals surface area contributed by atoms with Crippen molar-refractivity contribution in [3.8, 4) is 11.5 Å². The van der Waals surface area contributed by atoms with Gasteiger partial charge in [-0.05, 0) is 54.3 Å². The zero-order valence-electron chi connectivity index (χ0n) is 13.3. The number of hydrogen-bond acceptors (Lipinski definition) is 3. The molecule has 0 spiro atoms. The zero-order valence-corrected chi connectivity index (χ0v) is 14.8. The molecule has 4 rings (SSSR count). The van der Waals surface area contributed by atoms with Crippen molar-refractivity contribution >= 4 is 23.4 Å². The Hall–Kier alpha value is -1.42. The molecule has 2 heterocycles. The van der Waals surface area contributed by atoms with E-state index in [0.717, 1.165) is 48.0 Å². The van der Waals surface area contributed by atoms with Gasteiger partial charge in [-0.15, -0.1) is 0 Å². The average Bonchev–Trinajstić information content (AvgIpc) is 2.62. The summed E-state index contributed by atoms with van der Waals surface area (Å²) in [6.45, 7) is 2.33. The molecule has 0 aliphatic carbocycles. The molecule has 3 nitrogen and oxygen atoms in total. The molecule has 2 aromatic rings. The molecule has 5 heteroatoms. The van der Waals surface area contributed by atoms with Gasteiger partial charge in [0.25, 0.3) is 0 Å². The van der Waals surface area contributed by atoms with Crippen molar-refractivity contribution in [2.24, 2.45) is 0 Å². The van der Waals surface area contributed by atoms with Gasteiger partial charge in [0.2, 0.25) is 0 Å².